The smallest absolute Gasteiger partial charge is 0.282 e. The molecular formula is C26H33NO3S. The number of hydrogen-bond donors (Lipinski definition) is 0. The highest BCUT2D eigenvalue weighted by Crippen LogP contribution is 2.52. The molecule has 2 aromatic carbocycles. The molecular weight excluding hydrogens is 406 g/mol. The van der Waals surface area contributed by atoms with E-state index < -0.39 is 10.0 Å². The highest BCUT2D eigenvalue weighted by molar-refractivity contribution is 7.90. The quantitative estimate of drug-likeness (QED) is 0.498. The molecule has 1 atom stereocenters. The lowest BCUT2D eigenvalue weighted by atomic mass is 9.75. The average molecular weight is 440 g/mol. The number of methoxy groups -OCH3 is 1. The van der Waals surface area contributed by atoms with Crippen LogP contribution in [0.3, 0.4) is 0 Å². The largest absolute Gasteiger partial charge is 0.497 e. The predicted octanol–water partition coefficient (Wildman–Crippen LogP) is 6.45. The van der Waals surface area contributed by atoms with Gasteiger partial charge in [0.1, 0.15) is 5.75 Å². The lowest BCUT2D eigenvalue weighted by Crippen LogP contribution is -2.23. The lowest BCUT2D eigenvalue weighted by molar-refractivity contribution is 0.413. The van der Waals surface area contributed by atoms with E-state index in [1.54, 1.807) is 19.2 Å². The summed E-state index contributed by atoms with van der Waals surface area (Å²) in [5.74, 6) is 0.788. The van der Waals surface area contributed by atoms with Crippen LogP contribution < -0.4 is 4.74 Å². The van der Waals surface area contributed by atoms with Crippen LogP contribution >= 0.6 is 0 Å². The Hall–Kier alpha value is -2.40. The summed E-state index contributed by atoms with van der Waals surface area (Å²) in [5, 5.41) is 0. The molecule has 1 aliphatic carbocycles. The minimum absolute atomic E-state index is 0.0170. The summed E-state index contributed by atoms with van der Waals surface area (Å²) >= 11 is 0. The van der Waals surface area contributed by atoms with Crippen LogP contribution in [-0.2, 0) is 10.0 Å². The van der Waals surface area contributed by atoms with Gasteiger partial charge in [-0.1, -0.05) is 63.9 Å². The van der Waals surface area contributed by atoms with Crippen LogP contribution in [0.2, 0.25) is 0 Å². The molecule has 0 radical (unpaired) electrons. The fraction of sp³-hybridized carbons (Fsp3) is 0.423. The van der Waals surface area contributed by atoms with Crippen molar-refractivity contribution in [2.24, 2.45) is 15.7 Å². The van der Waals surface area contributed by atoms with E-state index in [-0.39, 0.29) is 16.2 Å². The topological polar surface area (TPSA) is 55.7 Å². The van der Waals surface area contributed by atoms with Gasteiger partial charge in [-0.25, -0.2) is 0 Å². The maximum atomic E-state index is 13.2. The lowest BCUT2D eigenvalue weighted by Gasteiger charge is -2.28. The second kappa shape index (κ2) is 8.99. The Balaban J connectivity index is 2.18. The minimum atomic E-state index is -3.78. The zero-order valence-corrected chi connectivity index (χ0v) is 20.2. The molecule has 3 rings (SSSR count). The van der Waals surface area contributed by atoms with Crippen molar-refractivity contribution in [3.8, 4) is 5.75 Å². The van der Waals surface area contributed by atoms with Gasteiger partial charge in [0.05, 0.1) is 17.7 Å². The van der Waals surface area contributed by atoms with E-state index in [1.807, 2.05) is 31.2 Å². The monoisotopic (exact) mass is 439 g/mol. The molecule has 0 amide bonds. The fourth-order valence-corrected chi connectivity index (χ4v) is 5.39. The second-order valence-corrected chi connectivity index (χ2v) is 10.5. The highest BCUT2D eigenvalue weighted by atomic mass is 32.2. The predicted molar refractivity (Wildman–Crippen MR) is 128 cm³/mol. The van der Waals surface area contributed by atoms with Gasteiger partial charge in [-0.3, -0.25) is 0 Å². The van der Waals surface area contributed by atoms with Crippen LogP contribution in [0, 0.1) is 18.3 Å². The zero-order valence-electron chi connectivity index (χ0n) is 19.4. The third kappa shape index (κ3) is 4.62. The van der Waals surface area contributed by atoms with Crippen molar-refractivity contribution in [2.75, 3.05) is 7.11 Å². The fourth-order valence-electron chi connectivity index (χ4n) is 4.27. The highest BCUT2D eigenvalue weighted by Gasteiger charge is 2.44. The molecule has 0 aromatic heterocycles. The number of unbranched alkanes of at least 4 members (excludes halogenated alkanes) is 1. The second-order valence-electron chi connectivity index (χ2n) is 8.89. The van der Waals surface area contributed by atoms with Crippen molar-refractivity contribution < 1.29 is 13.2 Å². The summed E-state index contributed by atoms with van der Waals surface area (Å²) in [6.45, 7) is 10.5. The number of sulfonamides is 1. The molecule has 31 heavy (non-hydrogen) atoms. The number of ether oxygens (including phenoxy) is 1. The van der Waals surface area contributed by atoms with Gasteiger partial charge in [-0.2, -0.15) is 12.8 Å². The van der Waals surface area contributed by atoms with Crippen molar-refractivity contribution in [1.29, 1.82) is 0 Å². The van der Waals surface area contributed by atoms with Crippen LogP contribution in [0.15, 0.2) is 63.4 Å². The first-order valence-corrected chi connectivity index (χ1v) is 12.4. The molecule has 0 spiro atoms. The Kier molecular flexibility index (Phi) is 6.75. The molecule has 4 nitrogen and oxygen atoms in total. The van der Waals surface area contributed by atoms with E-state index >= 15 is 0 Å². The van der Waals surface area contributed by atoms with Gasteiger partial charge in [0.25, 0.3) is 10.0 Å². The Morgan fingerprint density at radius 3 is 2.19 bits per heavy atom. The first-order valence-electron chi connectivity index (χ1n) is 10.9. The van der Waals surface area contributed by atoms with Crippen LogP contribution in [0.25, 0.3) is 5.57 Å². The summed E-state index contributed by atoms with van der Waals surface area (Å²) in [6, 6.07) is 14.9. The standard InChI is InChI=1S/C26H33NO3S/c1-7-8-9-23-24(20-12-14-21(30-6)15-13-20)26(4,5)19(3)25(23)27-31(28,29)22-16-10-18(2)11-17-22/h10-17,19H,7-9H2,1-6H3/b27-25+. The SMILES string of the molecule is CCCCC1=C(c2ccc(OC)cc2)C(C)(C)C(C)/C1=N\S(=O)(=O)c1ccc(C)cc1. The molecule has 0 saturated heterocycles. The average Bonchev–Trinajstić information content (AvgIpc) is 2.92. The normalized spacial score (nSPS) is 19.8. The molecule has 0 aliphatic heterocycles. The zero-order chi connectivity index (χ0) is 22.8. The van der Waals surface area contributed by atoms with Crippen molar-refractivity contribution in [2.45, 2.75) is 58.8 Å². The van der Waals surface area contributed by atoms with Gasteiger partial charge in [0.15, 0.2) is 0 Å². The number of allylic oxidation sites excluding steroid dienone is 2. The molecule has 1 aliphatic rings. The van der Waals surface area contributed by atoms with E-state index in [2.05, 4.69) is 44.2 Å². The molecule has 0 saturated carbocycles. The van der Waals surface area contributed by atoms with Crippen molar-refractivity contribution in [3.05, 3.63) is 65.2 Å². The Morgan fingerprint density at radius 1 is 1.03 bits per heavy atom. The number of aryl methyl sites for hydroxylation is 1. The van der Waals surface area contributed by atoms with E-state index in [9.17, 15) is 8.42 Å². The van der Waals surface area contributed by atoms with Crippen molar-refractivity contribution in [3.63, 3.8) is 0 Å². The van der Waals surface area contributed by atoms with Gasteiger partial charge in [-0.15, -0.1) is 0 Å². The van der Waals surface area contributed by atoms with E-state index in [1.165, 1.54) is 5.57 Å². The van der Waals surface area contributed by atoms with Gasteiger partial charge in [-0.05, 0) is 66.2 Å². The van der Waals surface area contributed by atoms with Crippen LogP contribution in [0.4, 0.5) is 0 Å². The maximum Gasteiger partial charge on any atom is 0.282 e. The maximum absolute atomic E-state index is 13.2. The number of hydrogen-bond acceptors (Lipinski definition) is 3. The molecule has 0 heterocycles. The molecule has 0 bridgehead atoms. The van der Waals surface area contributed by atoms with E-state index in [4.69, 9.17) is 4.74 Å². The van der Waals surface area contributed by atoms with Crippen LogP contribution in [0.5, 0.6) is 5.75 Å². The van der Waals surface area contributed by atoms with Crippen LogP contribution in [-0.4, -0.2) is 21.2 Å². The number of rotatable bonds is 7. The van der Waals surface area contributed by atoms with E-state index in [0.717, 1.165) is 41.7 Å². The summed E-state index contributed by atoms with van der Waals surface area (Å²) in [5.41, 5.74) is 4.84. The molecule has 0 fully saturated rings. The molecule has 166 valence electrons. The van der Waals surface area contributed by atoms with Gasteiger partial charge < -0.3 is 4.74 Å². The summed E-state index contributed by atoms with van der Waals surface area (Å²) in [4.78, 5) is 0.239. The number of benzene rings is 2. The van der Waals surface area contributed by atoms with Gasteiger partial charge in [0, 0.05) is 5.92 Å². The van der Waals surface area contributed by atoms with Gasteiger partial charge >= 0.3 is 0 Å². The third-order valence-corrected chi connectivity index (χ3v) is 7.75. The van der Waals surface area contributed by atoms with Crippen LogP contribution in [0.1, 0.15) is 58.1 Å². The molecule has 1 unspecified atom stereocenters. The van der Waals surface area contributed by atoms with Gasteiger partial charge in [0.2, 0.25) is 0 Å². The first-order chi connectivity index (χ1) is 14.6. The van der Waals surface area contributed by atoms with Crippen molar-refractivity contribution >= 4 is 21.3 Å². The Labute approximate surface area is 187 Å². The Morgan fingerprint density at radius 2 is 1.65 bits per heavy atom. The molecule has 0 N–H and O–H groups in total. The van der Waals surface area contributed by atoms with E-state index in [0.29, 0.717) is 5.71 Å². The molecule has 2 aromatic rings. The summed E-state index contributed by atoms with van der Waals surface area (Å²) in [6.07, 6.45) is 2.83. The first kappa shape index (κ1) is 23.3. The number of nitrogens with zero attached hydrogens (tertiary/aromatic N) is 1. The summed E-state index contributed by atoms with van der Waals surface area (Å²) in [7, 11) is -2.13. The Bertz CT molecular complexity index is 1090. The summed E-state index contributed by atoms with van der Waals surface area (Å²) < 4.78 is 36.1. The minimum Gasteiger partial charge on any atom is -0.497 e. The third-order valence-electron chi connectivity index (χ3n) is 6.44. The van der Waals surface area contributed by atoms with Crippen molar-refractivity contribution in [1.82, 2.24) is 0 Å². The molecule has 5 heteroatoms.